The molecule has 0 spiro atoms. The molecule has 90 valence electrons. The zero-order valence-corrected chi connectivity index (χ0v) is 10.2. The minimum Gasteiger partial charge on any atom is -0.330 e. The molecule has 0 amide bonds. The van der Waals surface area contributed by atoms with Crippen LogP contribution in [0, 0.1) is 5.92 Å². The largest absolute Gasteiger partial charge is 0.330 e. The maximum atomic E-state index is 11.3. The Morgan fingerprint density at radius 2 is 2.13 bits per heavy atom. The van der Waals surface area contributed by atoms with Crippen LogP contribution in [0.15, 0.2) is 0 Å². The van der Waals surface area contributed by atoms with Gasteiger partial charge in [0.2, 0.25) is 0 Å². The van der Waals surface area contributed by atoms with Crippen molar-refractivity contribution in [3.8, 4) is 0 Å². The van der Waals surface area contributed by atoms with E-state index < -0.39 is 9.84 Å². The number of sulfone groups is 1. The molecule has 1 aliphatic carbocycles. The fraction of sp³-hybridized carbons (Fsp3) is 1.00. The average Bonchev–Trinajstić information content (AvgIpc) is 2.65. The Kier molecular flexibility index (Phi) is 5.02. The Balaban J connectivity index is 2.25. The van der Waals surface area contributed by atoms with Crippen LogP contribution in [0.5, 0.6) is 0 Å². The molecule has 0 aromatic rings. The van der Waals surface area contributed by atoms with Crippen molar-refractivity contribution in [2.24, 2.45) is 11.7 Å². The highest BCUT2D eigenvalue weighted by atomic mass is 32.2. The summed E-state index contributed by atoms with van der Waals surface area (Å²) in [6.07, 6.45) is 3.52. The molecule has 5 heteroatoms. The van der Waals surface area contributed by atoms with Crippen molar-refractivity contribution in [1.29, 1.82) is 0 Å². The third kappa shape index (κ3) is 4.09. The van der Waals surface area contributed by atoms with Crippen LogP contribution >= 0.6 is 0 Å². The number of hydrogen-bond donors (Lipinski definition) is 2. The lowest BCUT2D eigenvalue weighted by molar-refractivity contribution is 0.416. The summed E-state index contributed by atoms with van der Waals surface area (Å²) in [5.41, 5.74) is 5.65. The predicted octanol–water partition coefficient (Wildman–Crippen LogP) is 0.138. The lowest BCUT2D eigenvalue weighted by atomic mass is 10.0. The summed E-state index contributed by atoms with van der Waals surface area (Å²) >= 11 is 0. The highest BCUT2D eigenvalue weighted by Crippen LogP contribution is 2.24. The molecule has 2 unspecified atom stereocenters. The first-order chi connectivity index (χ1) is 7.09. The summed E-state index contributed by atoms with van der Waals surface area (Å²) in [7, 11) is -2.83. The zero-order valence-electron chi connectivity index (χ0n) is 9.41. The van der Waals surface area contributed by atoms with Gasteiger partial charge in [-0.05, 0) is 25.3 Å². The second kappa shape index (κ2) is 5.82. The van der Waals surface area contributed by atoms with E-state index in [9.17, 15) is 8.42 Å². The minimum absolute atomic E-state index is 0.236. The van der Waals surface area contributed by atoms with Gasteiger partial charge in [-0.1, -0.05) is 13.3 Å². The van der Waals surface area contributed by atoms with Gasteiger partial charge >= 0.3 is 0 Å². The van der Waals surface area contributed by atoms with Crippen LogP contribution in [-0.4, -0.2) is 39.1 Å². The van der Waals surface area contributed by atoms with E-state index in [1.165, 1.54) is 12.8 Å². The van der Waals surface area contributed by atoms with Gasteiger partial charge in [0.1, 0.15) is 0 Å². The monoisotopic (exact) mass is 234 g/mol. The number of rotatable bonds is 6. The molecule has 0 saturated heterocycles. The molecule has 1 saturated carbocycles. The van der Waals surface area contributed by atoms with Gasteiger partial charge in [0, 0.05) is 18.3 Å². The van der Waals surface area contributed by atoms with Gasteiger partial charge in [-0.2, -0.15) is 0 Å². The summed E-state index contributed by atoms with van der Waals surface area (Å²) in [4.78, 5) is 0. The van der Waals surface area contributed by atoms with Crippen molar-refractivity contribution in [3.05, 3.63) is 0 Å². The molecule has 0 aromatic carbocycles. The van der Waals surface area contributed by atoms with E-state index in [0.29, 0.717) is 25.0 Å². The summed E-state index contributed by atoms with van der Waals surface area (Å²) in [6, 6.07) is 0.432. The van der Waals surface area contributed by atoms with Crippen LogP contribution in [0.25, 0.3) is 0 Å². The van der Waals surface area contributed by atoms with Gasteiger partial charge in [0.15, 0.2) is 9.84 Å². The first-order valence-electron chi connectivity index (χ1n) is 5.73. The van der Waals surface area contributed by atoms with E-state index in [0.717, 1.165) is 6.42 Å². The van der Waals surface area contributed by atoms with Crippen LogP contribution in [0.4, 0.5) is 0 Å². The maximum absolute atomic E-state index is 11.3. The number of nitrogens with two attached hydrogens (primary N) is 1. The van der Waals surface area contributed by atoms with Crippen LogP contribution in [-0.2, 0) is 9.84 Å². The Morgan fingerprint density at radius 3 is 2.73 bits per heavy atom. The Labute approximate surface area is 92.5 Å². The molecule has 0 bridgehead atoms. The first kappa shape index (κ1) is 12.9. The lowest BCUT2D eigenvalue weighted by Crippen LogP contribution is -2.38. The third-order valence-corrected chi connectivity index (χ3v) is 4.93. The predicted molar refractivity (Wildman–Crippen MR) is 62.5 cm³/mol. The highest BCUT2D eigenvalue weighted by Gasteiger charge is 2.25. The third-order valence-electron chi connectivity index (χ3n) is 3.22. The molecule has 2 atom stereocenters. The van der Waals surface area contributed by atoms with Crippen molar-refractivity contribution < 1.29 is 8.42 Å². The molecule has 0 aromatic heterocycles. The molecule has 3 N–H and O–H groups in total. The van der Waals surface area contributed by atoms with E-state index in [1.807, 2.05) is 0 Å². The smallest absolute Gasteiger partial charge is 0.151 e. The van der Waals surface area contributed by atoms with Gasteiger partial charge in [-0.25, -0.2) is 8.42 Å². The topological polar surface area (TPSA) is 72.2 Å². The quantitative estimate of drug-likeness (QED) is 0.685. The normalized spacial score (nSPS) is 27.1. The average molecular weight is 234 g/mol. The molecule has 1 aliphatic rings. The molecular formula is C10H22N2O2S. The lowest BCUT2D eigenvalue weighted by Gasteiger charge is -2.19. The Morgan fingerprint density at radius 1 is 1.40 bits per heavy atom. The van der Waals surface area contributed by atoms with Gasteiger partial charge < -0.3 is 11.1 Å². The van der Waals surface area contributed by atoms with Crippen LogP contribution in [0.1, 0.15) is 26.2 Å². The SMILES string of the molecule is CCS(=O)(=O)CCNC1CCCC1CN. The first-order valence-corrected chi connectivity index (χ1v) is 7.55. The van der Waals surface area contributed by atoms with Crippen LogP contribution < -0.4 is 11.1 Å². The van der Waals surface area contributed by atoms with E-state index in [-0.39, 0.29) is 11.5 Å². The fourth-order valence-corrected chi connectivity index (χ4v) is 2.85. The van der Waals surface area contributed by atoms with Crippen LogP contribution in [0.3, 0.4) is 0 Å². The molecule has 1 rings (SSSR count). The second-order valence-corrected chi connectivity index (χ2v) is 6.70. The molecular weight excluding hydrogens is 212 g/mol. The molecule has 15 heavy (non-hydrogen) atoms. The molecule has 0 aliphatic heterocycles. The second-order valence-electron chi connectivity index (χ2n) is 4.22. The maximum Gasteiger partial charge on any atom is 0.151 e. The molecule has 0 heterocycles. The van der Waals surface area contributed by atoms with E-state index in [2.05, 4.69) is 5.32 Å². The van der Waals surface area contributed by atoms with Crippen molar-refractivity contribution in [1.82, 2.24) is 5.32 Å². The Hall–Kier alpha value is -0.130. The van der Waals surface area contributed by atoms with Crippen LogP contribution in [0.2, 0.25) is 0 Å². The van der Waals surface area contributed by atoms with E-state index in [1.54, 1.807) is 6.92 Å². The van der Waals surface area contributed by atoms with Crippen molar-refractivity contribution >= 4 is 9.84 Å². The van der Waals surface area contributed by atoms with Crippen molar-refractivity contribution in [3.63, 3.8) is 0 Å². The molecule has 1 fully saturated rings. The standard InChI is InChI=1S/C10H22N2O2S/c1-2-15(13,14)7-6-12-10-5-3-4-9(10)8-11/h9-10,12H,2-8,11H2,1H3. The van der Waals surface area contributed by atoms with Gasteiger partial charge in [0.25, 0.3) is 0 Å². The summed E-state index contributed by atoms with van der Waals surface area (Å²) in [5, 5.41) is 3.31. The van der Waals surface area contributed by atoms with Crippen molar-refractivity contribution in [2.75, 3.05) is 24.6 Å². The minimum atomic E-state index is -2.83. The molecule has 0 radical (unpaired) electrons. The zero-order chi connectivity index (χ0) is 11.3. The highest BCUT2D eigenvalue weighted by molar-refractivity contribution is 7.91. The molecule has 4 nitrogen and oxygen atoms in total. The Bertz CT molecular complexity index is 277. The van der Waals surface area contributed by atoms with Gasteiger partial charge in [0.05, 0.1) is 5.75 Å². The van der Waals surface area contributed by atoms with Gasteiger partial charge in [-0.3, -0.25) is 0 Å². The summed E-state index contributed by atoms with van der Waals surface area (Å²) in [6.45, 7) is 2.96. The van der Waals surface area contributed by atoms with Gasteiger partial charge in [-0.15, -0.1) is 0 Å². The van der Waals surface area contributed by atoms with E-state index in [4.69, 9.17) is 5.73 Å². The number of hydrogen-bond acceptors (Lipinski definition) is 4. The fourth-order valence-electron chi connectivity index (χ4n) is 2.13. The summed E-state index contributed by atoms with van der Waals surface area (Å²) < 4.78 is 22.5. The summed E-state index contributed by atoms with van der Waals surface area (Å²) in [5.74, 6) is 1.02. The van der Waals surface area contributed by atoms with E-state index >= 15 is 0 Å². The van der Waals surface area contributed by atoms with Crippen molar-refractivity contribution in [2.45, 2.75) is 32.2 Å². The number of nitrogens with one attached hydrogen (secondary N) is 1.